The highest BCUT2D eigenvalue weighted by molar-refractivity contribution is 6.11. The molecule has 7 aromatic carbocycles. The van der Waals surface area contributed by atoms with Crippen LogP contribution in [-0.4, -0.2) is 0 Å². The van der Waals surface area contributed by atoms with Gasteiger partial charge in [-0.05, 0) is 189 Å². The maximum atomic E-state index is 7.30. The SMILES string of the molecule is Cc1cc(N(c2ccc(C(C)(C)C)cc2)c2cc3c(cc2C)C(C)(C)CCC3(C)C)cc(N(c2ccc(C(C)(C)C)cc2-c2ccccc2)c2cccc3c2oc2cc4c(cc23)C(C)(C)CCC4(C)C)c1. The van der Waals surface area contributed by atoms with Crippen LogP contribution in [0.1, 0.15) is 167 Å². The molecule has 0 fully saturated rings. The van der Waals surface area contributed by atoms with Gasteiger partial charge in [-0.2, -0.15) is 0 Å². The minimum absolute atomic E-state index is 0.0279. The lowest BCUT2D eigenvalue weighted by Gasteiger charge is -2.43. The standard InChI is InChI=1S/C68H78N2O/c1-43-35-49(69(48-28-25-46(26-29-48)63(3,4)5)60-41-56-54(37-44(60)2)65(9,10)31-33-67(56,13)14)39-50(36-43)70(58-30-27-47(64(6,7)8)38-52(58)45-21-18-17-19-22-45)59-24-20-23-51-53-40-55-57(42-61(53)71-62(51)59)68(15,16)34-32-66(55,11)12/h17-30,35-42H,31-34H2,1-16H3. The third kappa shape index (κ3) is 8.60. The summed E-state index contributed by atoms with van der Waals surface area (Å²) in [7, 11) is 0. The van der Waals surface area contributed by atoms with Crippen LogP contribution in [0.3, 0.4) is 0 Å². The summed E-state index contributed by atoms with van der Waals surface area (Å²) in [5, 5.41) is 2.32. The van der Waals surface area contributed by atoms with Crippen molar-refractivity contribution >= 4 is 56.1 Å². The minimum atomic E-state index is -0.0532. The lowest BCUT2D eigenvalue weighted by molar-refractivity contribution is 0.332. The van der Waals surface area contributed by atoms with Crippen molar-refractivity contribution in [1.82, 2.24) is 0 Å². The highest BCUT2D eigenvalue weighted by Gasteiger charge is 2.40. The molecule has 1 heterocycles. The average Bonchev–Trinajstić information content (AvgIpc) is 3.68. The fraction of sp³-hybridized carbons (Fsp3) is 0.382. The van der Waals surface area contributed by atoms with E-state index in [9.17, 15) is 0 Å². The number of aryl methyl sites for hydroxylation is 2. The highest BCUT2D eigenvalue weighted by Crippen LogP contribution is 2.53. The largest absolute Gasteiger partial charge is 0.454 e. The normalized spacial score (nSPS) is 17.0. The highest BCUT2D eigenvalue weighted by atomic mass is 16.3. The second-order valence-electron chi connectivity index (χ2n) is 26.2. The molecule has 0 radical (unpaired) electrons. The molecule has 71 heavy (non-hydrogen) atoms. The van der Waals surface area contributed by atoms with E-state index >= 15 is 0 Å². The van der Waals surface area contributed by atoms with Gasteiger partial charge in [0.15, 0.2) is 5.58 Å². The van der Waals surface area contributed by atoms with Crippen LogP contribution >= 0.6 is 0 Å². The van der Waals surface area contributed by atoms with Crippen molar-refractivity contribution in [3.8, 4) is 11.1 Å². The summed E-state index contributed by atoms with van der Waals surface area (Å²) in [6, 6.07) is 51.3. The summed E-state index contributed by atoms with van der Waals surface area (Å²) < 4.78 is 7.30. The number of nitrogens with zero attached hydrogens (tertiary/aromatic N) is 2. The van der Waals surface area contributed by atoms with Crippen molar-refractivity contribution in [3.05, 3.63) is 178 Å². The van der Waals surface area contributed by atoms with Gasteiger partial charge >= 0.3 is 0 Å². The van der Waals surface area contributed by atoms with Crippen LogP contribution in [0.4, 0.5) is 34.1 Å². The minimum Gasteiger partial charge on any atom is -0.454 e. The molecule has 2 aliphatic carbocycles. The van der Waals surface area contributed by atoms with Gasteiger partial charge in [0.05, 0.1) is 11.4 Å². The van der Waals surface area contributed by atoms with Crippen molar-refractivity contribution in [3.63, 3.8) is 0 Å². The summed E-state index contributed by atoms with van der Waals surface area (Å²) in [4.78, 5) is 5.03. The molecule has 0 unspecified atom stereocenters. The van der Waals surface area contributed by atoms with Crippen LogP contribution in [-0.2, 0) is 32.5 Å². The average molecular weight is 939 g/mol. The fourth-order valence-corrected chi connectivity index (χ4v) is 12.0. The lowest BCUT2D eigenvalue weighted by Crippen LogP contribution is -2.34. The molecular weight excluding hydrogens is 861 g/mol. The van der Waals surface area contributed by atoms with E-state index in [2.05, 4.69) is 254 Å². The van der Waals surface area contributed by atoms with Gasteiger partial charge in [-0.1, -0.05) is 164 Å². The molecule has 1 aromatic heterocycles. The molecule has 10 rings (SSSR count). The summed E-state index contributed by atoms with van der Waals surface area (Å²) in [6.07, 6.45) is 4.65. The molecule has 0 atom stereocenters. The Balaban J connectivity index is 1.27. The van der Waals surface area contributed by atoms with E-state index in [1.807, 2.05) is 0 Å². The van der Waals surface area contributed by atoms with Gasteiger partial charge in [0.2, 0.25) is 0 Å². The quantitative estimate of drug-likeness (QED) is 0.159. The zero-order valence-corrected chi connectivity index (χ0v) is 45.8. The summed E-state index contributed by atoms with van der Waals surface area (Å²) in [6.45, 7) is 37.8. The molecule has 2 aliphatic rings. The monoisotopic (exact) mass is 939 g/mol. The summed E-state index contributed by atoms with van der Waals surface area (Å²) in [5.41, 5.74) is 22.0. The van der Waals surface area contributed by atoms with E-state index in [0.29, 0.717) is 0 Å². The van der Waals surface area contributed by atoms with E-state index in [4.69, 9.17) is 4.42 Å². The van der Waals surface area contributed by atoms with Crippen LogP contribution in [0.15, 0.2) is 138 Å². The second-order valence-corrected chi connectivity index (χ2v) is 26.2. The number of fused-ring (bicyclic) bond motifs is 5. The van der Waals surface area contributed by atoms with Crippen LogP contribution < -0.4 is 9.80 Å². The van der Waals surface area contributed by atoms with Gasteiger partial charge < -0.3 is 14.2 Å². The van der Waals surface area contributed by atoms with Crippen molar-refractivity contribution in [1.29, 1.82) is 0 Å². The maximum Gasteiger partial charge on any atom is 0.159 e. The van der Waals surface area contributed by atoms with Gasteiger partial charge in [0, 0.05) is 39.1 Å². The number of anilines is 6. The molecule has 0 amide bonds. The molecule has 0 bridgehead atoms. The van der Waals surface area contributed by atoms with E-state index in [1.165, 1.54) is 73.1 Å². The topological polar surface area (TPSA) is 19.6 Å². The van der Waals surface area contributed by atoms with E-state index in [-0.39, 0.29) is 32.5 Å². The predicted molar refractivity (Wildman–Crippen MR) is 306 cm³/mol. The van der Waals surface area contributed by atoms with Gasteiger partial charge in [-0.15, -0.1) is 0 Å². The van der Waals surface area contributed by atoms with Crippen molar-refractivity contribution in [2.45, 2.75) is 169 Å². The van der Waals surface area contributed by atoms with Crippen LogP contribution in [0, 0.1) is 13.8 Å². The molecule has 0 aliphatic heterocycles. The molecule has 0 saturated carbocycles. The Morgan fingerprint density at radius 2 is 0.958 bits per heavy atom. The van der Waals surface area contributed by atoms with Gasteiger partial charge in [0.1, 0.15) is 5.58 Å². The maximum absolute atomic E-state index is 7.30. The van der Waals surface area contributed by atoms with Crippen LogP contribution in [0.25, 0.3) is 33.1 Å². The molecule has 8 aromatic rings. The zero-order valence-electron chi connectivity index (χ0n) is 45.8. The third-order valence-corrected chi connectivity index (χ3v) is 16.8. The number of benzene rings is 7. The Labute approximate surface area is 426 Å². The first-order valence-corrected chi connectivity index (χ1v) is 26.4. The number of hydrogen-bond donors (Lipinski definition) is 0. The van der Waals surface area contributed by atoms with E-state index in [0.717, 1.165) is 64.3 Å². The van der Waals surface area contributed by atoms with Crippen molar-refractivity contribution in [2.24, 2.45) is 0 Å². The third-order valence-electron chi connectivity index (χ3n) is 16.8. The molecule has 0 saturated heterocycles. The van der Waals surface area contributed by atoms with Gasteiger partial charge in [-0.25, -0.2) is 0 Å². The number of furan rings is 1. The molecule has 3 nitrogen and oxygen atoms in total. The molecule has 0 N–H and O–H groups in total. The van der Waals surface area contributed by atoms with Crippen molar-refractivity contribution < 1.29 is 4.42 Å². The summed E-state index contributed by atoms with van der Waals surface area (Å²) >= 11 is 0. The first-order valence-electron chi connectivity index (χ1n) is 26.4. The Bertz CT molecular complexity index is 3340. The van der Waals surface area contributed by atoms with Crippen LogP contribution in [0.5, 0.6) is 0 Å². The van der Waals surface area contributed by atoms with Crippen molar-refractivity contribution in [2.75, 3.05) is 9.80 Å². The molecule has 3 heteroatoms. The zero-order chi connectivity index (χ0) is 50.8. The Morgan fingerprint density at radius 3 is 1.55 bits per heavy atom. The first-order chi connectivity index (χ1) is 33.2. The van der Waals surface area contributed by atoms with Crippen LogP contribution in [0.2, 0.25) is 0 Å². The second kappa shape index (κ2) is 16.8. The Hall–Kier alpha value is -6.06. The Morgan fingerprint density at radius 1 is 0.423 bits per heavy atom. The smallest absolute Gasteiger partial charge is 0.159 e. The predicted octanol–water partition coefficient (Wildman–Crippen LogP) is 20.1. The number of rotatable bonds is 7. The van der Waals surface area contributed by atoms with E-state index in [1.54, 1.807) is 0 Å². The molecular formula is C68H78N2O. The molecule has 366 valence electrons. The lowest BCUT2D eigenvalue weighted by atomic mass is 9.63. The first kappa shape index (κ1) is 48.6. The summed E-state index contributed by atoms with van der Waals surface area (Å²) in [5.74, 6) is 0. The van der Waals surface area contributed by atoms with E-state index < -0.39 is 0 Å². The number of para-hydroxylation sites is 1. The number of hydrogen-bond acceptors (Lipinski definition) is 3. The van der Waals surface area contributed by atoms with Gasteiger partial charge in [-0.3, -0.25) is 0 Å². The van der Waals surface area contributed by atoms with Gasteiger partial charge in [0.25, 0.3) is 0 Å². The fourth-order valence-electron chi connectivity index (χ4n) is 12.0. The Kier molecular flexibility index (Phi) is 11.5. The molecule has 0 spiro atoms.